The molecule has 0 aromatic heterocycles. The Kier molecular flexibility index (Phi) is 7.58. The van der Waals surface area contributed by atoms with E-state index < -0.39 is 0 Å². The largest absolute Gasteiger partial charge is 0.493 e. The van der Waals surface area contributed by atoms with Gasteiger partial charge in [0.1, 0.15) is 38.5 Å². The van der Waals surface area contributed by atoms with Crippen molar-refractivity contribution < 1.29 is 19.3 Å². The highest BCUT2D eigenvalue weighted by Gasteiger charge is 2.24. The number of carbonyl (C=O) groups excluding carboxylic acids is 1. The fourth-order valence-corrected chi connectivity index (χ4v) is 3.51. The van der Waals surface area contributed by atoms with Gasteiger partial charge in [-0.2, -0.15) is 5.10 Å². The molecule has 6 heteroatoms. The second-order valence-electron chi connectivity index (χ2n) is 7.10. The molecule has 2 aromatic carbocycles. The average molecular weight is 383 g/mol. The summed E-state index contributed by atoms with van der Waals surface area (Å²) in [5, 5.41) is 4.10. The molecule has 0 unspecified atom stereocenters. The van der Waals surface area contributed by atoms with Crippen LogP contribution in [0.1, 0.15) is 18.1 Å². The molecule has 0 radical (unpaired) electrons. The lowest BCUT2D eigenvalue weighted by atomic mass is 10.2. The topological polar surface area (TPSA) is 59.6 Å². The van der Waals surface area contributed by atoms with Crippen molar-refractivity contribution in [2.24, 2.45) is 5.10 Å². The third kappa shape index (κ3) is 6.18. The Balaban J connectivity index is 1.40. The van der Waals surface area contributed by atoms with Gasteiger partial charge in [0.2, 0.25) is 0 Å². The number of nitrogens with one attached hydrogen (secondary N) is 3. The second kappa shape index (κ2) is 10.6. The zero-order valence-electron chi connectivity index (χ0n) is 16.5. The van der Waals surface area contributed by atoms with Crippen molar-refractivity contribution in [2.75, 3.05) is 39.3 Å². The van der Waals surface area contributed by atoms with Gasteiger partial charge in [-0.25, -0.2) is 5.43 Å². The number of rotatable bonds is 8. The van der Waals surface area contributed by atoms with Gasteiger partial charge in [0.25, 0.3) is 5.91 Å². The van der Waals surface area contributed by atoms with Crippen molar-refractivity contribution in [3.05, 3.63) is 65.7 Å². The molecule has 1 heterocycles. The number of para-hydroxylation sites is 1. The maximum absolute atomic E-state index is 12.2. The lowest BCUT2D eigenvalue weighted by molar-refractivity contribution is -1.02. The molecule has 1 saturated heterocycles. The Morgan fingerprint density at radius 1 is 1.04 bits per heavy atom. The summed E-state index contributed by atoms with van der Waals surface area (Å²) in [7, 11) is 0. The van der Waals surface area contributed by atoms with Crippen molar-refractivity contribution in [1.29, 1.82) is 0 Å². The van der Waals surface area contributed by atoms with E-state index in [9.17, 15) is 4.79 Å². The number of hydrazone groups is 1. The highest BCUT2D eigenvalue weighted by molar-refractivity contribution is 5.85. The molecular formula is C22H30N4O2+2. The highest BCUT2D eigenvalue weighted by atomic mass is 16.5. The number of nitrogens with zero attached hydrogens (tertiary/aromatic N) is 1. The Hall–Kier alpha value is -2.70. The lowest BCUT2D eigenvalue weighted by Gasteiger charge is -2.29. The smallest absolute Gasteiger partial charge is 0.295 e. The standard InChI is InChI=1S/C22H28N4O2/c1-2-28-21-11-7-6-10-20(21)16-23-24-22(27)18-26-14-12-25(13-15-26)17-19-8-4-3-5-9-19/h3-11,16H,2,12-15,17-18H2,1H3,(H,24,27)/p+2/b23-16-. The summed E-state index contributed by atoms with van der Waals surface area (Å²) in [4.78, 5) is 15.1. The van der Waals surface area contributed by atoms with E-state index in [0.717, 1.165) is 44.0 Å². The van der Waals surface area contributed by atoms with Crippen LogP contribution in [0.5, 0.6) is 5.75 Å². The normalized spacial score (nSPS) is 19.5. The molecule has 1 fully saturated rings. The Morgan fingerprint density at radius 2 is 1.71 bits per heavy atom. The van der Waals surface area contributed by atoms with Gasteiger partial charge < -0.3 is 14.5 Å². The zero-order valence-corrected chi connectivity index (χ0v) is 16.5. The minimum atomic E-state index is -0.0494. The first-order valence-corrected chi connectivity index (χ1v) is 9.99. The first kappa shape index (κ1) is 20.0. The van der Waals surface area contributed by atoms with Gasteiger partial charge in [0, 0.05) is 11.1 Å². The average Bonchev–Trinajstić information content (AvgIpc) is 2.72. The molecule has 3 rings (SSSR count). The minimum Gasteiger partial charge on any atom is -0.493 e. The van der Waals surface area contributed by atoms with Gasteiger partial charge in [-0.3, -0.25) is 4.79 Å². The predicted octanol–water partition coefficient (Wildman–Crippen LogP) is -0.481. The monoisotopic (exact) mass is 382 g/mol. The number of ether oxygens (including phenoxy) is 1. The van der Waals surface area contributed by atoms with Crippen molar-refractivity contribution in [3.8, 4) is 5.75 Å². The van der Waals surface area contributed by atoms with Crippen LogP contribution in [0.4, 0.5) is 0 Å². The van der Waals surface area contributed by atoms with E-state index in [1.54, 1.807) is 11.1 Å². The molecule has 0 atom stereocenters. The molecule has 1 aliphatic heterocycles. The van der Waals surface area contributed by atoms with Crippen LogP contribution in [0.15, 0.2) is 59.7 Å². The number of amides is 1. The van der Waals surface area contributed by atoms with Gasteiger partial charge in [-0.15, -0.1) is 0 Å². The fraction of sp³-hybridized carbons (Fsp3) is 0.364. The number of piperazine rings is 1. The summed E-state index contributed by atoms with van der Waals surface area (Å²) in [5.74, 6) is 0.720. The summed E-state index contributed by atoms with van der Waals surface area (Å²) in [6.45, 7) is 8.25. The summed E-state index contributed by atoms with van der Waals surface area (Å²) in [5.41, 5.74) is 4.88. The van der Waals surface area contributed by atoms with E-state index >= 15 is 0 Å². The summed E-state index contributed by atoms with van der Waals surface area (Å²) < 4.78 is 5.56. The number of hydrogen-bond donors (Lipinski definition) is 3. The van der Waals surface area contributed by atoms with Crippen LogP contribution in [0.25, 0.3) is 0 Å². The summed E-state index contributed by atoms with van der Waals surface area (Å²) >= 11 is 0. The van der Waals surface area contributed by atoms with Crippen LogP contribution in [-0.4, -0.2) is 51.5 Å². The van der Waals surface area contributed by atoms with E-state index in [-0.39, 0.29) is 5.91 Å². The van der Waals surface area contributed by atoms with Crippen LogP contribution < -0.4 is 20.0 Å². The van der Waals surface area contributed by atoms with E-state index in [2.05, 4.69) is 40.9 Å². The van der Waals surface area contributed by atoms with E-state index in [1.165, 1.54) is 10.5 Å². The van der Waals surface area contributed by atoms with Crippen molar-refractivity contribution in [3.63, 3.8) is 0 Å². The SMILES string of the molecule is CCOc1ccccc1/C=N\NC(=O)C[NH+]1CC[NH+](Cc2ccccc2)CC1. The molecule has 6 nitrogen and oxygen atoms in total. The predicted molar refractivity (Wildman–Crippen MR) is 110 cm³/mol. The molecule has 28 heavy (non-hydrogen) atoms. The zero-order chi connectivity index (χ0) is 19.6. The van der Waals surface area contributed by atoms with Gasteiger partial charge in [0.05, 0.1) is 12.8 Å². The van der Waals surface area contributed by atoms with Crippen LogP contribution in [0.3, 0.4) is 0 Å². The quantitative estimate of drug-likeness (QED) is 0.427. The maximum atomic E-state index is 12.2. The molecule has 0 spiro atoms. The molecule has 1 amide bonds. The Morgan fingerprint density at radius 3 is 2.46 bits per heavy atom. The van der Waals surface area contributed by atoms with Crippen LogP contribution in [-0.2, 0) is 11.3 Å². The van der Waals surface area contributed by atoms with Crippen LogP contribution in [0, 0.1) is 0 Å². The van der Waals surface area contributed by atoms with Crippen molar-refractivity contribution in [1.82, 2.24) is 5.43 Å². The molecule has 148 valence electrons. The third-order valence-electron chi connectivity index (χ3n) is 4.98. The van der Waals surface area contributed by atoms with Gasteiger partial charge in [-0.1, -0.05) is 42.5 Å². The number of carbonyl (C=O) groups is 1. The maximum Gasteiger partial charge on any atom is 0.295 e. The minimum absolute atomic E-state index is 0.0494. The summed E-state index contributed by atoms with van der Waals surface area (Å²) in [6.07, 6.45) is 1.64. The molecule has 0 aliphatic carbocycles. The number of benzene rings is 2. The van der Waals surface area contributed by atoms with E-state index in [4.69, 9.17) is 4.74 Å². The fourth-order valence-electron chi connectivity index (χ4n) is 3.51. The summed E-state index contributed by atoms with van der Waals surface area (Å²) in [6, 6.07) is 18.3. The van der Waals surface area contributed by atoms with E-state index in [1.807, 2.05) is 31.2 Å². The van der Waals surface area contributed by atoms with Crippen molar-refractivity contribution >= 4 is 12.1 Å². The molecule has 0 bridgehead atoms. The number of hydrogen-bond acceptors (Lipinski definition) is 3. The van der Waals surface area contributed by atoms with Crippen LogP contribution in [0.2, 0.25) is 0 Å². The van der Waals surface area contributed by atoms with Gasteiger partial charge in [0.15, 0.2) is 6.54 Å². The van der Waals surface area contributed by atoms with Crippen molar-refractivity contribution in [2.45, 2.75) is 13.5 Å². The lowest BCUT2D eigenvalue weighted by Crippen LogP contribution is -3.28. The first-order chi connectivity index (χ1) is 13.7. The molecule has 2 aromatic rings. The third-order valence-corrected chi connectivity index (χ3v) is 4.98. The van der Waals surface area contributed by atoms with Crippen LogP contribution >= 0.6 is 0 Å². The highest BCUT2D eigenvalue weighted by Crippen LogP contribution is 2.15. The number of quaternary nitrogens is 2. The Bertz CT molecular complexity index is 771. The Labute approximate surface area is 166 Å². The molecular weight excluding hydrogens is 352 g/mol. The molecule has 1 aliphatic rings. The molecule has 3 N–H and O–H groups in total. The molecule has 0 saturated carbocycles. The first-order valence-electron chi connectivity index (χ1n) is 9.99. The van der Waals surface area contributed by atoms with Gasteiger partial charge >= 0.3 is 0 Å². The van der Waals surface area contributed by atoms with E-state index in [0.29, 0.717) is 13.2 Å². The van der Waals surface area contributed by atoms with Gasteiger partial charge in [-0.05, 0) is 19.1 Å². The second-order valence-corrected chi connectivity index (χ2v) is 7.10.